The van der Waals surface area contributed by atoms with Gasteiger partial charge in [-0.05, 0) is 30.9 Å². The van der Waals surface area contributed by atoms with Crippen LogP contribution in [0.4, 0.5) is 0 Å². The van der Waals surface area contributed by atoms with Crippen molar-refractivity contribution >= 4 is 17.7 Å². The molecule has 0 aromatic heterocycles. The SMILES string of the molecule is COc1cccc(C(=O)COC(=O)[C@@H]2[C@@H]3C[C@@H]4[C@H]2C(=O)O[C@H]4C3)c1. The molecule has 1 aromatic carbocycles. The Labute approximate surface area is 139 Å². The van der Waals surface area contributed by atoms with Gasteiger partial charge in [0.05, 0.1) is 18.9 Å². The van der Waals surface area contributed by atoms with E-state index in [-0.39, 0.29) is 42.2 Å². The number of esters is 2. The van der Waals surface area contributed by atoms with Gasteiger partial charge in [0.15, 0.2) is 12.4 Å². The van der Waals surface area contributed by atoms with Crippen LogP contribution in [0.2, 0.25) is 0 Å². The molecule has 2 aliphatic carbocycles. The number of ketones is 1. The van der Waals surface area contributed by atoms with Gasteiger partial charge in [-0.15, -0.1) is 0 Å². The number of hydrogen-bond acceptors (Lipinski definition) is 6. The van der Waals surface area contributed by atoms with Gasteiger partial charge in [-0.2, -0.15) is 0 Å². The van der Waals surface area contributed by atoms with Gasteiger partial charge in [-0.25, -0.2) is 0 Å². The Morgan fingerprint density at radius 2 is 2.12 bits per heavy atom. The summed E-state index contributed by atoms with van der Waals surface area (Å²) in [7, 11) is 1.52. The second-order valence-electron chi connectivity index (χ2n) is 6.69. The van der Waals surface area contributed by atoms with Crippen LogP contribution in [0.1, 0.15) is 23.2 Å². The summed E-state index contributed by atoms with van der Waals surface area (Å²) < 4.78 is 15.6. The second kappa shape index (κ2) is 5.61. The van der Waals surface area contributed by atoms with Crippen molar-refractivity contribution in [2.24, 2.45) is 23.7 Å². The first-order valence-electron chi connectivity index (χ1n) is 8.13. The van der Waals surface area contributed by atoms with E-state index in [1.807, 2.05) is 0 Å². The lowest BCUT2D eigenvalue weighted by atomic mass is 9.80. The van der Waals surface area contributed by atoms with E-state index in [0.29, 0.717) is 11.3 Å². The molecule has 24 heavy (non-hydrogen) atoms. The minimum atomic E-state index is -0.459. The van der Waals surface area contributed by atoms with Crippen molar-refractivity contribution in [2.45, 2.75) is 18.9 Å². The number of Topliss-reactive ketones (excluding diaryl/α,β-unsaturated/α-hetero) is 1. The van der Waals surface area contributed by atoms with Crippen LogP contribution in [-0.2, 0) is 19.1 Å². The highest BCUT2D eigenvalue weighted by Gasteiger charge is 2.64. The number of rotatable bonds is 5. The Kier molecular flexibility index (Phi) is 3.55. The molecule has 126 valence electrons. The Balaban J connectivity index is 1.40. The van der Waals surface area contributed by atoms with E-state index in [1.165, 1.54) is 7.11 Å². The minimum Gasteiger partial charge on any atom is -0.497 e. The molecule has 1 saturated heterocycles. The predicted octanol–water partition coefficient (Wildman–Crippen LogP) is 1.62. The fraction of sp³-hybridized carbons (Fsp3) is 0.500. The zero-order chi connectivity index (χ0) is 16.8. The fourth-order valence-electron chi connectivity index (χ4n) is 4.44. The average Bonchev–Trinajstić information content (AvgIpc) is 3.21. The van der Waals surface area contributed by atoms with Gasteiger partial charge >= 0.3 is 11.9 Å². The molecule has 1 aliphatic heterocycles. The van der Waals surface area contributed by atoms with Crippen molar-refractivity contribution in [1.82, 2.24) is 0 Å². The lowest BCUT2D eigenvalue weighted by molar-refractivity contribution is -0.154. The largest absolute Gasteiger partial charge is 0.497 e. The summed E-state index contributed by atoms with van der Waals surface area (Å²) in [5.74, 6) is -1.03. The highest BCUT2D eigenvalue weighted by molar-refractivity contribution is 5.98. The number of carbonyl (C=O) groups is 3. The molecular formula is C18H18O6. The number of hydrogen-bond donors (Lipinski definition) is 0. The van der Waals surface area contributed by atoms with Gasteiger partial charge in [0.25, 0.3) is 0 Å². The highest BCUT2D eigenvalue weighted by atomic mass is 16.6. The maximum atomic E-state index is 12.4. The zero-order valence-electron chi connectivity index (χ0n) is 13.3. The molecule has 2 saturated carbocycles. The quantitative estimate of drug-likeness (QED) is 0.603. The summed E-state index contributed by atoms with van der Waals surface area (Å²) in [6.07, 6.45) is 1.55. The Bertz CT molecular complexity index is 709. The molecule has 1 aromatic rings. The van der Waals surface area contributed by atoms with Crippen molar-refractivity contribution in [2.75, 3.05) is 13.7 Å². The molecule has 2 bridgehead atoms. The van der Waals surface area contributed by atoms with Crippen LogP contribution in [0.5, 0.6) is 5.75 Å². The molecule has 3 fully saturated rings. The van der Waals surface area contributed by atoms with Gasteiger partial charge in [0.1, 0.15) is 11.9 Å². The smallest absolute Gasteiger partial charge is 0.310 e. The molecule has 6 heteroatoms. The lowest BCUT2D eigenvalue weighted by Crippen LogP contribution is -2.34. The van der Waals surface area contributed by atoms with Crippen molar-refractivity contribution in [3.63, 3.8) is 0 Å². The average molecular weight is 330 g/mol. The maximum absolute atomic E-state index is 12.4. The minimum absolute atomic E-state index is 0.0186. The van der Waals surface area contributed by atoms with Crippen LogP contribution in [0.15, 0.2) is 24.3 Å². The zero-order valence-corrected chi connectivity index (χ0v) is 13.3. The number of benzene rings is 1. The fourth-order valence-corrected chi connectivity index (χ4v) is 4.44. The summed E-state index contributed by atoms with van der Waals surface area (Å²) in [6, 6.07) is 6.69. The molecule has 6 nitrogen and oxygen atoms in total. The molecule has 0 amide bonds. The van der Waals surface area contributed by atoms with Gasteiger partial charge < -0.3 is 14.2 Å². The molecule has 0 unspecified atom stereocenters. The number of carbonyl (C=O) groups excluding carboxylic acids is 3. The summed E-state index contributed by atoms with van der Waals surface area (Å²) in [5.41, 5.74) is 0.426. The van der Waals surface area contributed by atoms with Gasteiger partial charge in [-0.1, -0.05) is 12.1 Å². The second-order valence-corrected chi connectivity index (χ2v) is 6.69. The summed E-state index contributed by atoms with van der Waals surface area (Å²) in [4.78, 5) is 36.5. The number of ether oxygens (including phenoxy) is 3. The van der Waals surface area contributed by atoms with E-state index in [1.54, 1.807) is 24.3 Å². The third kappa shape index (κ3) is 2.28. The van der Waals surface area contributed by atoms with E-state index >= 15 is 0 Å². The first-order chi connectivity index (χ1) is 11.6. The molecular weight excluding hydrogens is 312 g/mol. The highest BCUT2D eigenvalue weighted by Crippen LogP contribution is 2.57. The van der Waals surface area contributed by atoms with E-state index in [0.717, 1.165) is 12.8 Å². The van der Waals surface area contributed by atoms with Gasteiger partial charge in [0.2, 0.25) is 0 Å². The summed E-state index contributed by atoms with van der Waals surface area (Å²) >= 11 is 0. The van der Waals surface area contributed by atoms with Crippen molar-refractivity contribution < 1.29 is 28.6 Å². The van der Waals surface area contributed by atoms with E-state index in [9.17, 15) is 14.4 Å². The van der Waals surface area contributed by atoms with E-state index < -0.39 is 11.9 Å². The third-order valence-electron chi connectivity index (χ3n) is 5.49. The Morgan fingerprint density at radius 3 is 2.92 bits per heavy atom. The van der Waals surface area contributed by atoms with E-state index in [4.69, 9.17) is 14.2 Å². The summed E-state index contributed by atoms with van der Waals surface area (Å²) in [6.45, 7) is -0.328. The standard InChI is InChI=1S/C18H18O6/c1-22-11-4-2-3-9(5-11)13(19)8-23-17(20)15-10-6-12-14(7-10)24-18(21)16(12)15/h2-5,10,12,14-16H,6-8H2,1H3/t10-,12+,14+,15-,16-/m1/s1. The van der Waals surface area contributed by atoms with Crippen LogP contribution in [0.3, 0.4) is 0 Å². The third-order valence-corrected chi connectivity index (χ3v) is 5.49. The molecule has 3 aliphatic rings. The van der Waals surface area contributed by atoms with Crippen molar-refractivity contribution in [3.05, 3.63) is 29.8 Å². The van der Waals surface area contributed by atoms with Gasteiger partial charge in [0, 0.05) is 11.5 Å². The Hall–Kier alpha value is -2.37. The molecule has 4 rings (SSSR count). The molecule has 0 N–H and O–H groups in total. The van der Waals surface area contributed by atoms with Crippen LogP contribution < -0.4 is 4.74 Å². The molecule has 0 radical (unpaired) electrons. The van der Waals surface area contributed by atoms with Gasteiger partial charge in [-0.3, -0.25) is 14.4 Å². The number of methoxy groups -OCH3 is 1. The molecule has 5 atom stereocenters. The first-order valence-corrected chi connectivity index (χ1v) is 8.13. The predicted molar refractivity (Wildman–Crippen MR) is 81.4 cm³/mol. The van der Waals surface area contributed by atoms with Crippen molar-refractivity contribution in [3.8, 4) is 5.75 Å². The molecule has 1 heterocycles. The van der Waals surface area contributed by atoms with Crippen LogP contribution in [0, 0.1) is 23.7 Å². The topological polar surface area (TPSA) is 78.9 Å². The van der Waals surface area contributed by atoms with E-state index in [2.05, 4.69) is 0 Å². The Morgan fingerprint density at radius 1 is 1.29 bits per heavy atom. The molecule has 0 spiro atoms. The first kappa shape index (κ1) is 15.2. The lowest BCUT2D eigenvalue weighted by Gasteiger charge is -2.22. The summed E-state index contributed by atoms with van der Waals surface area (Å²) in [5, 5.41) is 0. The monoisotopic (exact) mass is 330 g/mol. The van der Waals surface area contributed by atoms with Crippen LogP contribution >= 0.6 is 0 Å². The maximum Gasteiger partial charge on any atom is 0.310 e. The van der Waals surface area contributed by atoms with Crippen LogP contribution in [-0.4, -0.2) is 37.5 Å². The van der Waals surface area contributed by atoms with Crippen molar-refractivity contribution in [1.29, 1.82) is 0 Å². The normalized spacial score (nSPS) is 32.5. The number of fused-ring (bicyclic) bond motifs is 1. The van der Waals surface area contributed by atoms with Crippen LogP contribution in [0.25, 0.3) is 0 Å².